The molecule has 0 spiro atoms. The van der Waals surface area contributed by atoms with Gasteiger partial charge in [-0.3, -0.25) is 9.59 Å². The Morgan fingerprint density at radius 1 is 1.07 bits per heavy atom. The molecule has 4 nitrogen and oxygen atoms in total. The van der Waals surface area contributed by atoms with Crippen molar-refractivity contribution in [2.45, 2.75) is 51.4 Å². The molecule has 2 aromatic carbocycles. The Morgan fingerprint density at radius 2 is 1.80 bits per heavy atom. The molecule has 0 unspecified atom stereocenters. The maximum absolute atomic E-state index is 12.9. The molecule has 1 amide bonds. The minimum absolute atomic E-state index is 0.0416. The summed E-state index contributed by atoms with van der Waals surface area (Å²) in [6, 6.07) is 14.0. The van der Waals surface area contributed by atoms with Gasteiger partial charge in [-0.1, -0.05) is 19.1 Å². The van der Waals surface area contributed by atoms with Gasteiger partial charge in [0.05, 0.1) is 0 Å². The number of ketones is 1. The standard InChI is InChI=1S/C25H31FN2O2/c1-2-25(30)27-23-7-5-6-21(18-23)19-13-16-28(17-14-19)15-4-3-8-24(29)20-9-11-22(26)12-10-20/h5-7,9-12,18-19H,2-4,8,13-17H2,1H3,(H,27,30). The van der Waals surface area contributed by atoms with Crippen molar-refractivity contribution >= 4 is 17.4 Å². The highest BCUT2D eigenvalue weighted by molar-refractivity contribution is 5.95. The number of Topliss-reactive ketones (excluding diaryl/α,β-unsaturated/α-hetero) is 1. The number of hydrogen-bond donors (Lipinski definition) is 1. The number of unbranched alkanes of at least 4 members (excludes halogenated alkanes) is 1. The fourth-order valence-electron chi connectivity index (χ4n) is 4.01. The summed E-state index contributed by atoms with van der Waals surface area (Å²) < 4.78 is 12.9. The van der Waals surface area contributed by atoms with E-state index in [4.69, 9.17) is 0 Å². The van der Waals surface area contributed by atoms with Crippen molar-refractivity contribution in [3.63, 3.8) is 0 Å². The normalized spacial score (nSPS) is 15.1. The van der Waals surface area contributed by atoms with Crippen LogP contribution in [0.4, 0.5) is 10.1 Å². The molecule has 1 aliphatic rings. The first kappa shape index (κ1) is 22.2. The Morgan fingerprint density at radius 3 is 2.50 bits per heavy atom. The van der Waals surface area contributed by atoms with Crippen molar-refractivity contribution in [1.29, 1.82) is 0 Å². The van der Waals surface area contributed by atoms with E-state index in [1.807, 2.05) is 19.1 Å². The van der Waals surface area contributed by atoms with Crippen molar-refractivity contribution in [3.8, 4) is 0 Å². The monoisotopic (exact) mass is 410 g/mol. The van der Waals surface area contributed by atoms with Gasteiger partial charge in [0, 0.05) is 24.1 Å². The van der Waals surface area contributed by atoms with Gasteiger partial charge in [-0.05, 0) is 93.2 Å². The van der Waals surface area contributed by atoms with Gasteiger partial charge < -0.3 is 10.2 Å². The number of rotatable bonds is 9. The number of carbonyl (C=O) groups is 2. The first-order valence-corrected chi connectivity index (χ1v) is 11.0. The van der Waals surface area contributed by atoms with E-state index < -0.39 is 0 Å². The van der Waals surface area contributed by atoms with Crippen LogP contribution in [-0.4, -0.2) is 36.2 Å². The van der Waals surface area contributed by atoms with Gasteiger partial charge in [0.25, 0.3) is 0 Å². The number of benzene rings is 2. The number of carbonyl (C=O) groups excluding carboxylic acids is 2. The highest BCUT2D eigenvalue weighted by atomic mass is 19.1. The van der Waals surface area contributed by atoms with Gasteiger partial charge in [0.15, 0.2) is 5.78 Å². The molecule has 0 bridgehead atoms. The SMILES string of the molecule is CCC(=O)Nc1cccc(C2CCN(CCCCC(=O)c3ccc(F)cc3)CC2)c1. The molecule has 0 radical (unpaired) electrons. The van der Waals surface area contributed by atoms with E-state index in [0.29, 0.717) is 24.3 Å². The minimum atomic E-state index is -0.313. The summed E-state index contributed by atoms with van der Waals surface area (Å²) in [5.41, 5.74) is 2.77. The molecule has 1 fully saturated rings. The van der Waals surface area contributed by atoms with E-state index >= 15 is 0 Å². The van der Waals surface area contributed by atoms with Crippen LogP contribution in [0.1, 0.15) is 67.3 Å². The summed E-state index contributed by atoms with van der Waals surface area (Å²) in [6.45, 7) is 4.98. The molecule has 0 aromatic heterocycles. The van der Waals surface area contributed by atoms with E-state index in [-0.39, 0.29) is 17.5 Å². The van der Waals surface area contributed by atoms with Crippen LogP contribution in [0.5, 0.6) is 0 Å². The lowest BCUT2D eigenvalue weighted by Gasteiger charge is -2.32. The third-order valence-electron chi connectivity index (χ3n) is 5.84. The fourth-order valence-corrected chi connectivity index (χ4v) is 4.01. The molecule has 160 valence electrons. The summed E-state index contributed by atoms with van der Waals surface area (Å²) in [6.07, 6.45) is 5.07. The number of anilines is 1. The summed E-state index contributed by atoms with van der Waals surface area (Å²) in [5, 5.41) is 2.94. The molecule has 0 saturated carbocycles. The van der Waals surface area contributed by atoms with Gasteiger partial charge in [-0.15, -0.1) is 0 Å². The van der Waals surface area contributed by atoms with Crippen molar-refractivity contribution < 1.29 is 14.0 Å². The van der Waals surface area contributed by atoms with Crippen molar-refractivity contribution in [3.05, 3.63) is 65.5 Å². The zero-order valence-corrected chi connectivity index (χ0v) is 17.7. The second kappa shape index (κ2) is 11.0. The molecule has 0 aliphatic carbocycles. The summed E-state index contributed by atoms with van der Waals surface area (Å²) in [5.74, 6) is 0.343. The molecule has 1 saturated heterocycles. The van der Waals surface area contributed by atoms with Gasteiger partial charge in [0.1, 0.15) is 5.82 Å². The number of likely N-dealkylation sites (tertiary alicyclic amines) is 1. The molecular formula is C25H31FN2O2. The maximum Gasteiger partial charge on any atom is 0.224 e. The van der Waals surface area contributed by atoms with Crippen LogP contribution in [0.3, 0.4) is 0 Å². The average molecular weight is 411 g/mol. The molecule has 0 atom stereocenters. The molecule has 1 aliphatic heterocycles. The van der Waals surface area contributed by atoms with Crippen LogP contribution < -0.4 is 5.32 Å². The van der Waals surface area contributed by atoms with Gasteiger partial charge in [-0.25, -0.2) is 4.39 Å². The lowest BCUT2D eigenvalue weighted by atomic mass is 9.89. The van der Waals surface area contributed by atoms with E-state index in [0.717, 1.165) is 51.0 Å². The zero-order chi connectivity index (χ0) is 21.3. The largest absolute Gasteiger partial charge is 0.326 e. The first-order chi connectivity index (χ1) is 14.5. The van der Waals surface area contributed by atoms with E-state index in [2.05, 4.69) is 22.3 Å². The van der Waals surface area contributed by atoms with Crippen LogP contribution >= 0.6 is 0 Å². The zero-order valence-electron chi connectivity index (χ0n) is 17.7. The Labute approximate surface area is 178 Å². The van der Waals surface area contributed by atoms with E-state index in [1.54, 1.807) is 12.1 Å². The Bertz CT molecular complexity index is 842. The lowest BCUT2D eigenvalue weighted by molar-refractivity contribution is -0.115. The smallest absolute Gasteiger partial charge is 0.224 e. The van der Waals surface area contributed by atoms with Crippen LogP contribution in [0.2, 0.25) is 0 Å². The summed E-state index contributed by atoms with van der Waals surface area (Å²) >= 11 is 0. The second-order valence-electron chi connectivity index (χ2n) is 8.03. The van der Waals surface area contributed by atoms with Crippen LogP contribution in [0.25, 0.3) is 0 Å². The molecule has 1 heterocycles. The highest BCUT2D eigenvalue weighted by Gasteiger charge is 2.20. The third kappa shape index (κ3) is 6.49. The maximum atomic E-state index is 12.9. The van der Waals surface area contributed by atoms with E-state index in [1.165, 1.54) is 17.7 Å². The minimum Gasteiger partial charge on any atom is -0.326 e. The third-order valence-corrected chi connectivity index (χ3v) is 5.84. The Kier molecular flexibility index (Phi) is 8.14. The first-order valence-electron chi connectivity index (χ1n) is 11.0. The molecule has 3 rings (SSSR count). The highest BCUT2D eigenvalue weighted by Crippen LogP contribution is 2.29. The quantitative estimate of drug-likeness (QED) is 0.444. The number of nitrogens with zero attached hydrogens (tertiary/aromatic N) is 1. The molecule has 30 heavy (non-hydrogen) atoms. The Hall–Kier alpha value is -2.53. The predicted octanol–water partition coefficient (Wildman–Crippen LogP) is 5.41. The topological polar surface area (TPSA) is 49.4 Å². The lowest BCUT2D eigenvalue weighted by Crippen LogP contribution is -2.33. The van der Waals surface area contributed by atoms with Gasteiger partial charge in [0.2, 0.25) is 5.91 Å². The van der Waals surface area contributed by atoms with Crippen LogP contribution in [0.15, 0.2) is 48.5 Å². The second-order valence-corrected chi connectivity index (χ2v) is 8.03. The number of amides is 1. The number of halogens is 1. The van der Waals surface area contributed by atoms with Gasteiger partial charge in [-0.2, -0.15) is 0 Å². The molecular weight excluding hydrogens is 379 g/mol. The van der Waals surface area contributed by atoms with Gasteiger partial charge >= 0.3 is 0 Å². The molecule has 2 aromatic rings. The fraction of sp³-hybridized carbons (Fsp3) is 0.440. The molecule has 1 N–H and O–H groups in total. The van der Waals surface area contributed by atoms with Crippen molar-refractivity contribution in [2.75, 3.05) is 25.0 Å². The van der Waals surface area contributed by atoms with E-state index in [9.17, 15) is 14.0 Å². The summed E-state index contributed by atoms with van der Waals surface area (Å²) in [7, 11) is 0. The summed E-state index contributed by atoms with van der Waals surface area (Å²) in [4.78, 5) is 26.3. The van der Waals surface area contributed by atoms with Crippen molar-refractivity contribution in [1.82, 2.24) is 4.90 Å². The predicted molar refractivity (Wildman–Crippen MR) is 118 cm³/mol. The van der Waals surface area contributed by atoms with Crippen LogP contribution in [-0.2, 0) is 4.79 Å². The average Bonchev–Trinajstić information content (AvgIpc) is 2.77. The van der Waals surface area contributed by atoms with Crippen LogP contribution in [0, 0.1) is 5.82 Å². The Balaban J connectivity index is 1.37. The van der Waals surface area contributed by atoms with Crippen molar-refractivity contribution in [2.24, 2.45) is 0 Å². The molecule has 5 heteroatoms. The number of piperidine rings is 1. The number of nitrogens with one attached hydrogen (secondary N) is 1. The number of hydrogen-bond acceptors (Lipinski definition) is 3.